The standard InChI is InChI=1S/C15H12N2O2S/c1-2-11-13(15(18)19)20-14(17-11)12-10-6-4-3-5-9(10)7-8-16-12/h3-8H,2H2,1H3,(H,18,19). The summed E-state index contributed by atoms with van der Waals surface area (Å²) < 4.78 is 0. The quantitative estimate of drug-likeness (QED) is 0.798. The fourth-order valence-electron chi connectivity index (χ4n) is 2.15. The average molecular weight is 284 g/mol. The molecule has 3 rings (SSSR count). The molecule has 100 valence electrons. The fourth-order valence-corrected chi connectivity index (χ4v) is 3.15. The van der Waals surface area contributed by atoms with Crippen LogP contribution in [0.5, 0.6) is 0 Å². The third-order valence-corrected chi connectivity index (χ3v) is 4.20. The minimum Gasteiger partial charge on any atom is -0.477 e. The Morgan fingerprint density at radius 3 is 2.80 bits per heavy atom. The van der Waals surface area contributed by atoms with Gasteiger partial charge in [-0.3, -0.25) is 4.98 Å². The smallest absolute Gasteiger partial charge is 0.347 e. The number of thiazole rings is 1. The normalized spacial score (nSPS) is 10.8. The number of fused-ring (bicyclic) bond motifs is 1. The lowest BCUT2D eigenvalue weighted by molar-refractivity contribution is 0.0701. The average Bonchev–Trinajstić information content (AvgIpc) is 2.91. The van der Waals surface area contributed by atoms with Crippen LogP contribution in [0.3, 0.4) is 0 Å². The Bertz CT molecular complexity index is 790. The van der Waals surface area contributed by atoms with Crippen LogP contribution in [0.2, 0.25) is 0 Å². The molecule has 0 atom stereocenters. The molecule has 2 heterocycles. The van der Waals surface area contributed by atoms with E-state index in [1.807, 2.05) is 37.3 Å². The van der Waals surface area contributed by atoms with Gasteiger partial charge in [0.25, 0.3) is 0 Å². The van der Waals surface area contributed by atoms with Crippen LogP contribution >= 0.6 is 11.3 Å². The lowest BCUT2D eigenvalue weighted by Gasteiger charge is -2.01. The first-order valence-electron chi connectivity index (χ1n) is 6.28. The highest BCUT2D eigenvalue weighted by molar-refractivity contribution is 7.17. The zero-order valence-electron chi connectivity index (χ0n) is 10.8. The summed E-state index contributed by atoms with van der Waals surface area (Å²) in [4.78, 5) is 20.4. The fraction of sp³-hybridized carbons (Fsp3) is 0.133. The Hall–Kier alpha value is -2.27. The van der Waals surface area contributed by atoms with Gasteiger partial charge in [0.15, 0.2) is 0 Å². The van der Waals surface area contributed by atoms with E-state index >= 15 is 0 Å². The summed E-state index contributed by atoms with van der Waals surface area (Å²) in [5.74, 6) is -0.925. The Morgan fingerprint density at radius 1 is 1.30 bits per heavy atom. The molecule has 0 aliphatic carbocycles. The number of nitrogens with zero attached hydrogens (tertiary/aromatic N) is 2. The van der Waals surface area contributed by atoms with Gasteiger partial charge in [-0.15, -0.1) is 11.3 Å². The van der Waals surface area contributed by atoms with E-state index in [0.717, 1.165) is 16.5 Å². The van der Waals surface area contributed by atoms with Crippen LogP contribution in [0, 0.1) is 0 Å². The molecule has 0 spiro atoms. The molecule has 1 N–H and O–H groups in total. The number of rotatable bonds is 3. The number of aryl methyl sites for hydroxylation is 1. The van der Waals surface area contributed by atoms with Crippen molar-refractivity contribution in [2.75, 3.05) is 0 Å². The van der Waals surface area contributed by atoms with Gasteiger partial charge in [0.1, 0.15) is 15.6 Å². The first-order chi connectivity index (χ1) is 9.70. The number of carbonyl (C=O) groups is 1. The topological polar surface area (TPSA) is 63.1 Å². The molecule has 2 aromatic heterocycles. The van der Waals surface area contributed by atoms with Gasteiger partial charge in [0.05, 0.1) is 5.69 Å². The van der Waals surface area contributed by atoms with E-state index in [2.05, 4.69) is 9.97 Å². The maximum Gasteiger partial charge on any atom is 0.347 e. The number of hydrogen-bond donors (Lipinski definition) is 1. The van der Waals surface area contributed by atoms with Crippen molar-refractivity contribution in [2.24, 2.45) is 0 Å². The third-order valence-electron chi connectivity index (χ3n) is 3.10. The minimum atomic E-state index is -0.925. The van der Waals surface area contributed by atoms with Gasteiger partial charge in [-0.25, -0.2) is 9.78 Å². The Balaban J connectivity index is 2.23. The SMILES string of the molecule is CCc1nc(-c2nccc3ccccc23)sc1C(=O)O. The van der Waals surface area contributed by atoms with Crippen molar-refractivity contribution in [1.82, 2.24) is 9.97 Å². The van der Waals surface area contributed by atoms with Gasteiger partial charge < -0.3 is 5.11 Å². The van der Waals surface area contributed by atoms with Gasteiger partial charge in [0, 0.05) is 11.6 Å². The van der Waals surface area contributed by atoms with Crippen LogP contribution in [-0.4, -0.2) is 21.0 Å². The predicted octanol–water partition coefficient (Wildman–Crippen LogP) is 3.62. The minimum absolute atomic E-state index is 0.303. The summed E-state index contributed by atoms with van der Waals surface area (Å²) in [5.41, 5.74) is 1.36. The highest BCUT2D eigenvalue weighted by atomic mass is 32.1. The van der Waals surface area contributed by atoms with E-state index in [9.17, 15) is 9.90 Å². The molecule has 0 amide bonds. The van der Waals surface area contributed by atoms with Crippen LogP contribution < -0.4 is 0 Å². The number of pyridine rings is 1. The molecule has 0 unspecified atom stereocenters. The molecular formula is C15H12N2O2S. The summed E-state index contributed by atoms with van der Waals surface area (Å²) in [5, 5.41) is 11.9. The highest BCUT2D eigenvalue weighted by Crippen LogP contribution is 2.31. The van der Waals surface area contributed by atoms with Gasteiger partial charge in [0.2, 0.25) is 0 Å². The number of benzene rings is 1. The lowest BCUT2D eigenvalue weighted by Crippen LogP contribution is -1.97. The maximum atomic E-state index is 11.2. The molecule has 4 nitrogen and oxygen atoms in total. The largest absolute Gasteiger partial charge is 0.477 e. The van der Waals surface area contributed by atoms with Crippen LogP contribution in [-0.2, 0) is 6.42 Å². The molecule has 0 saturated heterocycles. The number of hydrogen-bond acceptors (Lipinski definition) is 4. The van der Waals surface area contributed by atoms with Crippen molar-refractivity contribution in [1.29, 1.82) is 0 Å². The molecule has 0 bridgehead atoms. The maximum absolute atomic E-state index is 11.2. The molecule has 0 saturated carbocycles. The van der Waals surface area contributed by atoms with Crippen LogP contribution in [0.15, 0.2) is 36.5 Å². The second-order valence-corrected chi connectivity index (χ2v) is 5.33. The Labute approximate surface area is 119 Å². The first kappa shape index (κ1) is 12.7. The first-order valence-corrected chi connectivity index (χ1v) is 7.09. The van der Waals surface area contributed by atoms with Crippen molar-refractivity contribution in [3.05, 3.63) is 47.1 Å². The van der Waals surface area contributed by atoms with E-state index in [-0.39, 0.29) is 0 Å². The molecule has 0 fully saturated rings. The van der Waals surface area contributed by atoms with Gasteiger partial charge in [-0.05, 0) is 17.9 Å². The summed E-state index contributed by atoms with van der Waals surface area (Å²) in [6, 6.07) is 9.83. The zero-order chi connectivity index (χ0) is 14.1. The van der Waals surface area contributed by atoms with Gasteiger partial charge in [-0.1, -0.05) is 31.2 Å². The van der Waals surface area contributed by atoms with E-state index in [4.69, 9.17) is 0 Å². The second kappa shape index (κ2) is 5.02. The molecule has 0 aliphatic heterocycles. The summed E-state index contributed by atoms with van der Waals surface area (Å²) >= 11 is 1.19. The molecule has 5 heteroatoms. The molecule has 0 aliphatic rings. The lowest BCUT2D eigenvalue weighted by atomic mass is 10.1. The molecular weight excluding hydrogens is 272 g/mol. The highest BCUT2D eigenvalue weighted by Gasteiger charge is 2.18. The Morgan fingerprint density at radius 2 is 2.10 bits per heavy atom. The molecule has 0 radical (unpaired) electrons. The summed E-state index contributed by atoms with van der Waals surface area (Å²) in [7, 11) is 0. The molecule has 3 aromatic rings. The second-order valence-electron chi connectivity index (χ2n) is 4.33. The monoisotopic (exact) mass is 284 g/mol. The van der Waals surface area contributed by atoms with Crippen molar-refractivity contribution >= 4 is 28.1 Å². The van der Waals surface area contributed by atoms with Gasteiger partial charge >= 0.3 is 5.97 Å². The number of aromatic carboxylic acids is 1. The van der Waals surface area contributed by atoms with Crippen LogP contribution in [0.25, 0.3) is 21.5 Å². The van der Waals surface area contributed by atoms with Crippen molar-refractivity contribution in [3.8, 4) is 10.7 Å². The number of carboxylic acid groups (broad SMARTS) is 1. The van der Waals surface area contributed by atoms with Crippen molar-refractivity contribution in [2.45, 2.75) is 13.3 Å². The van der Waals surface area contributed by atoms with Crippen LogP contribution in [0.4, 0.5) is 0 Å². The van der Waals surface area contributed by atoms with E-state index in [1.54, 1.807) is 6.20 Å². The third kappa shape index (κ3) is 2.06. The summed E-state index contributed by atoms with van der Waals surface area (Å²) in [6.07, 6.45) is 2.33. The van der Waals surface area contributed by atoms with Crippen molar-refractivity contribution in [3.63, 3.8) is 0 Å². The van der Waals surface area contributed by atoms with E-state index in [0.29, 0.717) is 22.0 Å². The number of aromatic nitrogens is 2. The summed E-state index contributed by atoms with van der Waals surface area (Å²) in [6.45, 7) is 1.90. The molecule has 1 aromatic carbocycles. The van der Waals surface area contributed by atoms with Gasteiger partial charge in [-0.2, -0.15) is 0 Å². The number of carboxylic acids is 1. The van der Waals surface area contributed by atoms with E-state index in [1.165, 1.54) is 11.3 Å². The van der Waals surface area contributed by atoms with E-state index < -0.39 is 5.97 Å². The van der Waals surface area contributed by atoms with Crippen LogP contribution in [0.1, 0.15) is 22.3 Å². The van der Waals surface area contributed by atoms with Crippen molar-refractivity contribution < 1.29 is 9.90 Å². The predicted molar refractivity (Wildman–Crippen MR) is 79.2 cm³/mol. The zero-order valence-corrected chi connectivity index (χ0v) is 11.6. The molecule has 20 heavy (non-hydrogen) atoms. The Kier molecular flexibility index (Phi) is 3.20.